The van der Waals surface area contributed by atoms with Gasteiger partial charge in [0.2, 0.25) is 0 Å². The monoisotopic (exact) mass is 216 g/mol. The molecule has 1 aliphatic rings. The largest absolute Gasteiger partial charge is 0.377 e. The molecular weight excluding hydrogens is 200 g/mol. The van der Waals surface area contributed by atoms with Crippen LogP contribution in [0, 0.1) is 6.57 Å². The molecule has 0 saturated carbocycles. The molecule has 1 aliphatic heterocycles. The molecule has 2 rings (SSSR count). The summed E-state index contributed by atoms with van der Waals surface area (Å²) < 4.78 is 5.50. The normalized spacial score (nSPS) is 25.2. The van der Waals surface area contributed by atoms with Crippen LogP contribution >= 0.6 is 0 Å². The maximum absolute atomic E-state index is 6.93. The van der Waals surface area contributed by atoms with Crippen molar-refractivity contribution in [3.8, 4) is 0 Å². The van der Waals surface area contributed by atoms with Crippen LogP contribution in [0.25, 0.3) is 4.85 Å². The van der Waals surface area contributed by atoms with Gasteiger partial charge in [-0.3, -0.25) is 0 Å². The van der Waals surface area contributed by atoms with Crippen molar-refractivity contribution in [2.45, 2.75) is 25.9 Å². The van der Waals surface area contributed by atoms with E-state index in [9.17, 15) is 0 Å². The predicted octanol–water partition coefficient (Wildman–Crippen LogP) is 2.85. The van der Waals surface area contributed by atoms with Crippen LogP contribution in [0.4, 0.5) is 11.4 Å². The van der Waals surface area contributed by atoms with E-state index in [0.29, 0.717) is 17.8 Å². The number of anilines is 1. The number of ether oxygens (including phenoxy) is 1. The molecule has 0 spiro atoms. The van der Waals surface area contributed by atoms with Crippen LogP contribution in [0.3, 0.4) is 0 Å². The molecule has 2 unspecified atom stereocenters. The van der Waals surface area contributed by atoms with Gasteiger partial charge in [-0.05, 0) is 26.0 Å². The summed E-state index contributed by atoms with van der Waals surface area (Å²) in [6, 6.07) is 8.57. The lowest BCUT2D eigenvalue weighted by Gasteiger charge is -2.40. The van der Waals surface area contributed by atoms with Crippen molar-refractivity contribution in [3.63, 3.8) is 0 Å². The molecule has 3 heteroatoms. The SMILES string of the molecule is [C-]#[N+]c1ccc(N2C(C)COCC2C)cc1. The predicted molar refractivity (Wildman–Crippen MR) is 64.9 cm³/mol. The van der Waals surface area contributed by atoms with Gasteiger partial charge < -0.3 is 9.64 Å². The molecule has 1 saturated heterocycles. The minimum absolute atomic E-state index is 0.391. The lowest BCUT2D eigenvalue weighted by atomic mass is 10.1. The molecule has 1 fully saturated rings. The fraction of sp³-hybridized carbons (Fsp3) is 0.462. The van der Waals surface area contributed by atoms with E-state index in [1.165, 1.54) is 5.69 Å². The highest BCUT2D eigenvalue weighted by atomic mass is 16.5. The van der Waals surface area contributed by atoms with Gasteiger partial charge in [0.05, 0.1) is 19.8 Å². The Kier molecular flexibility index (Phi) is 3.12. The van der Waals surface area contributed by atoms with Crippen LogP contribution in [0.15, 0.2) is 24.3 Å². The Morgan fingerprint density at radius 3 is 2.25 bits per heavy atom. The van der Waals surface area contributed by atoms with Gasteiger partial charge >= 0.3 is 0 Å². The molecule has 2 atom stereocenters. The highest BCUT2D eigenvalue weighted by Crippen LogP contribution is 2.25. The molecule has 1 aromatic carbocycles. The van der Waals surface area contributed by atoms with E-state index >= 15 is 0 Å². The van der Waals surface area contributed by atoms with Crippen molar-refractivity contribution in [1.29, 1.82) is 0 Å². The maximum atomic E-state index is 6.93. The maximum Gasteiger partial charge on any atom is 0.187 e. The standard InChI is InChI=1S/C13H16N2O/c1-10-8-16-9-11(2)15(10)13-6-4-12(14-3)5-7-13/h4-7,10-11H,8-9H2,1-2H3. The summed E-state index contributed by atoms with van der Waals surface area (Å²) in [5.74, 6) is 0. The second kappa shape index (κ2) is 4.54. The van der Waals surface area contributed by atoms with E-state index in [1.807, 2.05) is 24.3 Å². The fourth-order valence-electron chi connectivity index (χ4n) is 2.21. The molecule has 0 aliphatic carbocycles. The number of rotatable bonds is 1. The first-order valence-corrected chi connectivity index (χ1v) is 5.56. The van der Waals surface area contributed by atoms with Gasteiger partial charge in [-0.15, -0.1) is 0 Å². The molecule has 1 aromatic rings. The van der Waals surface area contributed by atoms with E-state index in [2.05, 4.69) is 23.6 Å². The van der Waals surface area contributed by atoms with E-state index in [4.69, 9.17) is 11.3 Å². The quantitative estimate of drug-likeness (QED) is 0.671. The molecule has 84 valence electrons. The summed E-state index contributed by atoms with van der Waals surface area (Å²) in [7, 11) is 0. The molecule has 0 radical (unpaired) electrons. The summed E-state index contributed by atoms with van der Waals surface area (Å²) in [5, 5.41) is 0. The zero-order valence-electron chi connectivity index (χ0n) is 9.68. The van der Waals surface area contributed by atoms with Crippen LogP contribution < -0.4 is 4.90 Å². The highest BCUT2D eigenvalue weighted by Gasteiger charge is 2.25. The molecule has 0 N–H and O–H groups in total. The zero-order valence-corrected chi connectivity index (χ0v) is 9.68. The number of morpholine rings is 1. The van der Waals surface area contributed by atoms with E-state index in [1.54, 1.807) is 0 Å². The van der Waals surface area contributed by atoms with Crippen molar-refractivity contribution < 1.29 is 4.74 Å². The summed E-state index contributed by atoms with van der Waals surface area (Å²) in [6.07, 6.45) is 0. The Morgan fingerprint density at radius 2 is 1.75 bits per heavy atom. The Labute approximate surface area is 96.5 Å². The van der Waals surface area contributed by atoms with Gasteiger partial charge in [0.15, 0.2) is 5.69 Å². The van der Waals surface area contributed by atoms with Gasteiger partial charge in [-0.2, -0.15) is 0 Å². The Hall–Kier alpha value is -1.53. The van der Waals surface area contributed by atoms with E-state index in [-0.39, 0.29) is 0 Å². The summed E-state index contributed by atoms with van der Waals surface area (Å²) in [4.78, 5) is 5.76. The summed E-state index contributed by atoms with van der Waals surface area (Å²) in [6.45, 7) is 12.8. The third-order valence-electron chi connectivity index (χ3n) is 2.94. The molecule has 16 heavy (non-hydrogen) atoms. The third kappa shape index (κ3) is 2.02. The zero-order chi connectivity index (χ0) is 11.5. The molecule has 0 aromatic heterocycles. The van der Waals surface area contributed by atoms with Crippen LogP contribution in [0.1, 0.15) is 13.8 Å². The summed E-state index contributed by atoms with van der Waals surface area (Å²) in [5.41, 5.74) is 1.87. The number of nitrogens with zero attached hydrogens (tertiary/aromatic N) is 2. The van der Waals surface area contributed by atoms with E-state index < -0.39 is 0 Å². The van der Waals surface area contributed by atoms with Crippen molar-refractivity contribution >= 4 is 11.4 Å². The fourth-order valence-corrected chi connectivity index (χ4v) is 2.21. The van der Waals surface area contributed by atoms with Gasteiger partial charge in [-0.25, -0.2) is 4.85 Å². The molecule has 0 bridgehead atoms. The first-order chi connectivity index (χ1) is 7.72. The first-order valence-electron chi connectivity index (χ1n) is 5.56. The van der Waals surface area contributed by atoms with Crippen molar-refractivity contribution in [2.24, 2.45) is 0 Å². The Balaban J connectivity index is 2.24. The average Bonchev–Trinajstić information content (AvgIpc) is 2.30. The minimum atomic E-state index is 0.391. The number of hydrogen-bond donors (Lipinski definition) is 0. The topological polar surface area (TPSA) is 16.8 Å². The molecule has 0 amide bonds. The van der Waals surface area contributed by atoms with Gasteiger partial charge in [0.1, 0.15) is 0 Å². The lowest BCUT2D eigenvalue weighted by molar-refractivity contribution is 0.0757. The van der Waals surface area contributed by atoms with Crippen molar-refractivity contribution in [3.05, 3.63) is 35.7 Å². The number of benzene rings is 1. The van der Waals surface area contributed by atoms with Gasteiger partial charge in [0.25, 0.3) is 0 Å². The summed E-state index contributed by atoms with van der Waals surface area (Å²) >= 11 is 0. The second-order valence-electron chi connectivity index (χ2n) is 4.27. The third-order valence-corrected chi connectivity index (χ3v) is 2.94. The molecule has 3 nitrogen and oxygen atoms in total. The van der Waals surface area contributed by atoms with Crippen LogP contribution in [0.2, 0.25) is 0 Å². The molecule has 1 heterocycles. The van der Waals surface area contributed by atoms with E-state index in [0.717, 1.165) is 13.2 Å². The molecular formula is C13H16N2O. The average molecular weight is 216 g/mol. The second-order valence-corrected chi connectivity index (χ2v) is 4.27. The van der Waals surface area contributed by atoms with Crippen LogP contribution in [-0.4, -0.2) is 25.3 Å². The van der Waals surface area contributed by atoms with Gasteiger partial charge in [0, 0.05) is 17.8 Å². The minimum Gasteiger partial charge on any atom is -0.377 e. The number of hydrogen-bond acceptors (Lipinski definition) is 2. The lowest BCUT2D eigenvalue weighted by Crippen LogP contribution is -2.49. The smallest absolute Gasteiger partial charge is 0.187 e. The Morgan fingerprint density at radius 1 is 1.19 bits per heavy atom. The highest BCUT2D eigenvalue weighted by molar-refractivity contribution is 5.56. The van der Waals surface area contributed by atoms with Crippen molar-refractivity contribution in [1.82, 2.24) is 0 Å². The van der Waals surface area contributed by atoms with Crippen LogP contribution in [0.5, 0.6) is 0 Å². The van der Waals surface area contributed by atoms with Gasteiger partial charge in [-0.1, -0.05) is 12.1 Å². The first kappa shape index (κ1) is 11.0. The van der Waals surface area contributed by atoms with Crippen LogP contribution in [-0.2, 0) is 4.74 Å². The van der Waals surface area contributed by atoms with Crippen molar-refractivity contribution in [2.75, 3.05) is 18.1 Å². The Bertz CT molecular complexity index is 383.